The highest BCUT2D eigenvalue weighted by Gasteiger charge is 2.08. The molecule has 0 bridgehead atoms. The summed E-state index contributed by atoms with van der Waals surface area (Å²) in [4.78, 5) is 8.14. The van der Waals surface area contributed by atoms with Crippen LogP contribution in [0.3, 0.4) is 0 Å². The second kappa shape index (κ2) is 3.31. The molecule has 0 amide bonds. The highest BCUT2D eigenvalue weighted by atomic mass is 35.5. The lowest BCUT2D eigenvalue weighted by Gasteiger charge is -2.04. The molecule has 0 fully saturated rings. The first-order chi connectivity index (χ1) is 6.68. The van der Waals surface area contributed by atoms with Crippen molar-refractivity contribution >= 4 is 17.4 Å². The molecule has 0 aliphatic carbocycles. The van der Waals surface area contributed by atoms with Gasteiger partial charge >= 0.3 is 0 Å². The lowest BCUT2D eigenvalue weighted by Crippen LogP contribution is -1.98. The number of rotatable bonds is 1. The maximum absolute atomic E-state index is 5.83. The van der Waals surface area contributed by atoms with Gasteiger partial charge in [0.1, 0.15) is 11.6 Å². The van der Waals surface area contributed by atoms with Crippen molar-refractivity contribution in [3.05, 3.63) is 29.7 Å². The Morgan fingerprint density at radius 1 is 1.43 bits per heavy atom. The molecule has 0 unspecified atom stereocenters. The van der Waals surface area contributed by atoms with Crippen molar-refractivity contribution in [1.29, 1.82) is 0 Å². The van der Waals surface area contributed by atoms with E-state index in [1.807, 2.05) is 17.8 Å². The van der Waals surface area contributed by atoms with Crippen LogP contribution in [0.5, 0.6) is 0 Å². The van der Waals surface area contributed by atoms with Crippen LogP contribution in [0.1, 0.15) is 0 Å². The van der Waals surface area contributed by atoms with E-state index in [0.29, 0.717) is 10.8 Å². The normalized spacial score (nSPS) is 10.4. The van der Waals surface area contributed by atoms with Crippen LogP contribution in [-0.4, -0.2) is 14.5 Å². The molecule has 2 aromatic heterocycles. The van der Waals surface area contributed by atoms with E-state index in [9.17, 15) is 0 Å². The van der Waals surface area contributed by atoms with Gasteiger partial charge in [0, 0.05) is 25.6 Å². The number of nitrogen functional groups attached to an aromatic ring is 1. The number of hydrogen-bond acceptors (Lipinski definition) is 3. The molecule has 2 rings (SSSR count). The van der Waals surface area contributed by atoms with Gasteiger partial charge in [0.2, 0.25) is 0 Å². The summed E-state index contributed by atoms with van der Waals surface area (Å²) in [7, 11) is 1.89. The maximum Gasteiger partial charge on any atom is 0.143 e. The fourth-order valence-corrected chi connectivity index (χ4v) is 1.41. The summed E-state index contributed by atoms with van der Waals surface area (Å²) in [5.74, 6) is 1.20. The highest BCUT2D eigenvalue weighted by Crippen LogP contribution is 2.24. The van der Waals surface area contributed by atoms with Crippen molar-refractivity contribution in [3.63, 3.8) is 0 Å². The zero-order valence-corrected chi connectivity index (χ0v) is 8.36. The number of hydrogen-bond donors (Lipinski definition) is 1. The van der Waals surface area contributed by atoms with Gasteiger partial charge < -0.3 is 10.3 Å². The summed E-state index contributed by atoms with van der Waals surface area (Å²) in [6.07, 6.45) is 5.06. The highest BCUT2D eigenvalue weighted by molar-refractivity contribution is 6.30. The summed E-state index contributed by atoms with van der Waals surface area (Å²) in [6.45, 7) is 0. The number of aryl methyl sites for hydroxylation is 1. The number of halogens is 1. The van der Waals surface area contributed by atoms with Gasteiger partial charge in [-0.3, -0.25) is 0 Å². The maximum atomic E-state index is 5.83. The van der Waals surface area contributed by atoms with Crippen LogP contribution in [-0.2, 0) is 7.05 Å². The SMILES string of the molecule is Cn1ccnc1-c1cc(Cl)cnc1N. The first-order valence-corrected chi connectivity index (χ1v) is 4.45. The fraction of sp³-hybridized carbons (Fsp3) is 0.111. The van der Waals surface area contributed by atoms with E-state index in [2.05, 4.69) is 9.97 Å². The van der Waals surface area contributed by atoms with E-state index < -0.39 is 0 Å². The second-order valence-electron chi connectivity index (χ2n) is 2.95. The Morgan fingerprint density at radius 2 is 2.21 bits per heavy atom. The van der Waals surface area contributed by atoms with Gasteiger partial charge in [-0.05, 0) is 6.07 Å². The fourth-order valence-electron chi connectivity index (χ4n) is 1.25. The molecule has 0 saturated carbocycles. The molecule has 14 heavy (non-hydrogen) atoms. The van der Waals surface area contributed by atoms with Crippen LogP contribution in [0.25, 0.3) is 11.4 Å². The van der Waals surface area contributed by atoms with Crippen LogP contribution in [0.15, 0.2) is 24.7 Å². The Bertz CT molecular complexity index is 464. The Morgan fingerprint density at radius 3 is 2.86 bits per heavy atom. The number of pyridine rings is 1. The van der Waals surface area contributed by atoms with E-state index in [-0.39, 0.29) is 0 Å². The Kier molecular flexibility index (Phi) is 2.13. The van der Waals surface area contributed by atoms with Gasteiger partial charge in [-0.2, -0.15) is 0 Å². The molecule has 0 aliphatic heterocycles. The number of imidazole rings is 1. The quantitative estimate of drug-likeness (QED) is 0.777. The van der Waals surface area contributed by atoms with Gasteiger partial charge in [-0.1, -0.05) is 11.6 Å². The third kappa shape index (κ3) is 1.44. The summed E-state index contributed by atoms with van der Waals surface area (Å²) in [6, 6.07) is 1.76. The predicted octanol–water partition coefficient (Wildman–Crippen LogP) is 1.72. The van der Waals surface area contributed by atoms with Gasteiger partial charge in [-0.25, -0.2) is 9.97 Å². The zero-order valence-electron chi connectivity index (χ0n) is 7.61. The smallest absolute Gasteiger partial charge is 0.143 e. The molecule has 5 heteroatoms. The molecule has 0 saturated heterocycles. The van der Waals surface area contributed by atoms with E-state index in [1.54, 1.807) is 12.3 Å². The number of aromatic nitrogens is 3. The Balaban J connectivity index is 2.62. The molecular formula is C9H9ClN4. The van der Waals surface area contributed by atoms with Gasteiger partial charge in [0.15, 0.2) is 0 Å². The molecular weight excluding hydrogens is 200 g/mol. The monoisotopic (exact) mass is 208 g/mol. The van der Waals surface area contributed by atoms with Crippen molar-refractivity contribution < 1.29 is 0 Å². The topological polar surface area (TPSA) is 56.7 Å². The number of nitrogens with zero attached hydrogens (tertiary/aromatic N) is 3. The predicted molar refractivity (Wildman–Crippen MR) is 55.9 cm³/mol. The summed E-state index contributed by atoms with van der Waals surface area (Å²) >= 11 is 5.83. The average molecular weight is 209 g/mol. The van der Waals surface area contributed by atoms with Crippen molar-refractivity contribution in [3.8, 4) is 11.4 Å². The second-order valence-corrected chi connectivity index (χ2v) is 3.38. The third-order valence-electron chi connectivity index (χ3n) is 1.95. The van der Waals surface area contributed by atoms with E-state index in [1.165, 1.54) is 6.20 Å². The van der Waals surface area contributed by atoms with Crippen LogP contribution in [0, 0.1) is 0 Å². The molecule has 0 radical (unpaired) electrons. The van der Waals surface area contributed by atoms with Gasteiger partial charge in [0.25, 0.3) is 0 Å². The van der Waals surface area contributed by atoms with Crippen LogP contribution in [0.4, 0.5) is 5.82 Å². The Labute approximate surface area is 86.4 Å². The summed E-state index contributed by atoms with van der Waals surface area (Å²) < 4.78 is 1.86. The average Bonchev–Trinajstić information content (AvgIpc) is 2.56. The molecule has 2 heterocycles. The molecule has 72 valence electrons. The minimum Gasteiger partial charge on any atom is -0.383 e. The lowest BCUT2D eigenvalue weighted by molar-refractivity contribution is 0.924. The molecule has 2 aromatic rings. The summed E-state index contributed by atoms with van der Waals surface area (Å²) in [5, 5.41) is 0.553. The molecule has 4 nitrogen and oxygen atoms in total. The lowest BCUT2D eigenvalue weighted by atomic mass is 10.2. The van der Waals surface area contributed by atoms with Gasteiger partial charge in [-0.15, -0.1) is 0 Å². The van der Waals surface area contributed by atoms with Crippen LogP contribution in [0.2, 0.25) is 5.02 Å². The molecule has 0 aromatic carbocycles. The minimum atomic E-state index is 0.434. The summed E-state index contributed by atoms with van der Waals surface area (Å²) in [5.41, 5.74) is 6.48. The van der Waals surface area contributed by atoms with Crippen molar-refractivity contribution in [2.45, 2.75) is 0 Å². The van der Waals surface area contributed by atoms with E-state index in [0.717, 1.165) is 11.4 Å². The molecule has 0 aliphatic rings. The Hall–Kier alpha value is -1.55. The van der Waals surface area contributed by atoms with E-state index in [4.69, 9.17) is 17.3 Å². The number of anilines is 1. The standard InChI is InChI=1S/C9H9ClN4/c1-14-3-2-12-9(14)7-4-6(10)5-13-8(7)11/h2-5H,1H3,(H2,11,13). The first kappa shape index (κ1) is 9.02. The molecule has 0 atom stereocenters. The van der Waals surface area contributed by atoms with E-state index >= 15 is 0 Å². The van der Waals surface area contributed by atoms with Gasteiger partial charge in [0.05, 0.1) is 10.6 Å². The minimum absolute atomic E-state index is 0.434. The van der Waals surface area contributed by atoms with Crippen LogP contribution < -0.4 is 5.73 Å². The first-order valence-electron chi connectivity index (χ1n) is 4.07. The number of nitrogens with two attached hydrogens (primary N) is 1. The van der Waals surface area contributed by atoms with Crippen LogP contribution >= 0.6 is 11.6 Å². The third-order valence-corrected chi connectivity index (χ3v) is 2.15. The van der Waals surface area contributed by atoms with Crippen molar-refractivity contribution in [2.75, 3.05) is 5.73 Å². The molecule has 2 N–H and O–H groups in total. The zero-order chi connectivity index (χ0) is 10.1. The van der Waals surface area contributed by atoms with Crippen molar-refractivity contribution in [2.24, 2.45) is 7.05 Å². The largest absolute Gasteiger partial charge is 0.383 e. The van der Waals surface area contributed by atoms with Crippen molar-refractivity contribution in [1.82, 2.24) is 14.5 Å². The molecule has 0 spiro atoms.